The fraction of sp³-hybridized carbons (Fsp3) is 0.333. The molecule has 5 heteroatoms. The third-order valence-electron chi connectivity index (χ3n) is 2.71. The molecule has 0 saturated carbocycles. The smallest absolute Gasteiger partial charge is 0.303 e. The van der Waals surface area contributed by atoms with Crippen LogP contribution in [0.2, 0.25) is 0 Å². The number of benzene rings is 1. The maximum absolute atomic E-state index is 10.6. The zero-order valence-corrected chi connectivity index (χ0v) is 9.80. The van der Waals surface area contributed by atoms with Crippen LogP contribution in [0.4, 0.5) is 0 Å². The Balaban J connectivity index is 2.41. The van der Waals surface area contributed by atoms with E-state index in [2.05, 4.69) is 5.10 Å². The van der Waals surface area contributed by atoms with Crippen molar-refractivity contribution >= 4 is 16.9 Å². The molecule has 2 aromatic rings. The van der Waals surface area contributed by atoms with Gasteiger partial charge >= 0.3 is 5.97 Å². The van der Waals surface area contributed by atoms with E-state index in [0.29, 0.717) is 6.42 Å². The zero-order valence-electron chi connectivity index (χ0n) is 9.80. The normalized spacial score (nSPS) is 10.7. The van der Waals surface area contributed by atoms with Crippen molar-refractivity contribution in [1.82, 2.24) is 9.78 Å². The van der Waals surface area contributed by atoms with Crippen LogP contribution in [-0.4, -0.2) is 28.0 Å². The van der Waals surface area contributed by atoms with Gasteiger partial charge in [0.1, 0.15) is 5.75 Å². The summed E-state index contributed by atoms with van der Waals surface area (Å²) >= 11 is 0. The van der Waals surface area contributed by atoms with Crippen LogP contribution in [0.1, 0.15) is 12.1 Å². The number of carboxylic acids is 1. The van der Waals surface area contributed by atoms with Gasteiger partial charge in [0.25, 0.3) is 0 Å². The molecule has 1 aromatic carbocycles. The lowest BCUT2D eigenvalue weighted by Gasteiger charge is -2.00. The number of ether oxygens (including phenoxy) is 1. The van der Waals surface area contributed by atoms with Crippen LogP contribution in [0.5, 0.6) is 5.75 Å². The van der Waals surface area contributed by atoms with E-state index >= 15 is 0 Å². The van der Waals surface area contributed by atoms with Crippen molar-refractivity contribution in [2.75, 3.05) is 7.11 Å². The predicted molar refractivity (Wildman–Crippen MR) is 63.2 cm³/mol. The lowest BCUT2D eigenvalue weighted by molar-refractivity contribution is -0.136. The molecule has 0 spiro atoms. The summed E-state index contributed by atoms with van der Waals surface area (Å²) in [7, 11) is 3.45. The summed E-state index contributed by atoms with van der Waals surface area (Å²) in [6, 6.07) is 5.67. The molecule has 5 nitrogen and oxygen atoms in total. The highest BCUT2D eigenvalue weighted by Crippen LogP contribution is 2.23. The van der Waals surface area contributed by atoms with E-state index in [1.165, 1.54) is 0 Å². The molecule has 0 aliphatic carbocycles. The highest BCUT2D eigenvalue weighted by atomic mass is 16.5. The fourth-order valence-electron chi connectivity index (χ4n) is 1.85. The molecule has 0 radical (unpaired) electrons. The SMILES string of the molecule is COc1ccc2c(CCC(=O)O)nn(C)c2c1. The highest BCUT2D eigenvalue weighted by molar-refractivity contribution is 5.83. The van der Waals surface area contributed by atoms with Gasteiger partial charge in [-0.15, -0.1) is 0 Å². The van der Waals surface area contributed by atoms with E-state index in [1.807, 2.05) is 25.2 Å². The number of carboxylic acid groups (broad SMARTS) is 1. The minimum atomic E-state index is -0.808. The second-order valence-electron chi connectivity index (χ2n) is 3.85. The Bertz CT molecular complexity index is 560. The number of nitrogens with zero attached hydrogens (tertiary/aromatic N) is 2. The second-order valence-corrected chi connectivity index (χ2v) is 3.85. The van der Waals surface area contributed by atoms with Crippen LogP contribution < -0.4 is 4.74 Å². The number of aliphatic carboxylic acids is 1. The second kappa shape index (κ2) is 4.45. The van der Waals surface area contributed by atoms with Gasteiger partial charge in [0, 0.05) is 24.9 Å². The Labute approximate surface area is 98.6 Å². The molecule has 1 N–H and O–H groups in total. The van der Waals surface area contributed by atoms with E-state index in [-0.39, 0.29) is 6.42 Å². The molecule has 1 aromatic heterocycles. The number of rotatable bonds is 4. The summed E-state index contributed by atoms with van der Waals surface area (Å²) in [4.78, 5) is 10.6. The molecule has 17 heavy (non-hydrogen) atoms. The first-order valence-corrected chi connectivity index (χ1v) is 5.33. The van der Waals surface area contributed by atoms with Gasteiger partial charge in [0.15, 0.2) is 0 Å². The zero-order chi connectivity index (χ0) is 12.4. The van der Waals surface area contributed by atoms with Crippen molar-refractivity contribution < 1.29 is 14.6 Å². The number of aromatic nitrogens is 2. The average Bonchev–Trinajstić information content (AvgIpc) is 2.63. The van der Waals surface area contributed by atoms with Crippen LogP contribution in [0, 0.1) is 0 Å². The first-order chi connectivity index (χ1) is 8.11. The quantitative estimate of drug-likeness (QED) is 0.872. The van der Waals surface area contributed by atoms with E-state index in [4.69, 9.17) is 9.84 Å². The molecule has 0 amide bonds. The van der Waals surface area contributed by atoms with E-state index in [1.54, 1.807) is 11.8 Å². The van der Waals surface area contributed by atoms with Gasteiger partial charge in [-0.05, 0) is 12.1 Å². The molecule has 0 unspecified atom stereocenters. The van der Waals surface area contributed by atoms with Crippen molar-refractivity contribution in [2.45, 2.75) is 12.8 Å². The standard InChI is InChI=1S/C12H14N2O3/c1-14-11-7-8(17-2)3-4-9(11)10(13-14)5-6-12(15)16/h3-4,7H,5-6H2,1-2H3,(H,15,16). The van der Waals surface area contributed by atoms with Gasteiger partial charge < -0.3 is 9.84 Å². The highest BCUT2D eigenvalue weighted by Gasteiger charge is 2.10. The van der Waals surface area contributed by atoms with Crippen molar-refractivity contribution in [1.29, 1.82) is 0 Å². The third kappa shape index (κ3) is 2.22. The molecule has 0 saturated heterocycles. The van der Waals surface area contributed by atoms with Gasteiger partial charge in [-0.25, -0.2) is 0 Å². The molecular weight excluding hydrogens is 220 g/mol. The summed E-state index contributed by atoms with van der Waals surface area (Å²) in [5.41, 5.74) is 1.76. The maximum Gasteiger partial charge on any atom is 0.303 e. The van der Waals surface area contributed by atoms with Crippen LogP contribution >= 0.6 is 0 Å². The summed E-state index contributed by atoms with van der Waals surface area (Å²) in [6.07, 6.45) is 0.539. The number of hydrogen-bond donors (Lipinski definition) is 1. The molecule has 0 atom stereocenters. The summed E-state index contributed by atoms with van der Waals surface area (Å²) < 4.78 is 6.89. The fourth-order valence-corrected chi connectivity index (χ4v) is 1.85. The van der Waals surface area contributed by atoms with Gasteiger partial charge in [-0.3, -0.25) is 9.48 Å². The summed E-state index contributed by atoms with van der Waals surface area (Å²) in [6.45, 7) is 0. The largest absolute Gasteiger partial charge is 0.497 e. The van der Waals surface area contributed by atoms with Gasteiger partial charge in [0.2, 0.25) is 0 Å². The molecule has 2 rings (SSSR count). The molecular formula is C12H14N2O3. The third-order valence-corrected chi connectivity index (χ3v) is 2.71. The minimum absolute atomic E-state index is 0.0954. The Morgan fingerprint density at radius 3 is 2.94 bits per heavy atom. The maximum atomic E-state index is 10.6. The van der Waals surface area contributed by atoms with Crippen molar-refractivity contribution in [3.8, 4) is 5.75 Å². The minimum Gasteiger partial charge on any atom is -0.497 e. The first-order valence-electron chi connectivity index (χ1n) is 5.33. The molecule has 90 valence electrons. The summed E-state index contributed by atoms with van der Waals surface area (Å²) in [5.74, 6) is -0.0393. The van der Waals surface area contributed by atoms with E-state index in [0.717, 1.165) is 22.3 Å². The van der Waals surface area contributed by atoms with Crippen LogP contribution in [0.3, 0.4) is 0 Å². The Hall–Kier alpha value is -2.04. The number of fused-ring (bicyclic) bond motifs is 1. The molecule has 0 aliphatic heterocycles. The van der Waals surface area contributed by atoms with Crippen LogP contribution in [0.25, 0.3) is 10.9 Å². The summed E-state index contributed by atoms with van der Waals surface area (Å²) in [5, 5.41) is 14.0. The molecule has 1 heterocycles. The Kier molecular flexibility index (Phi) is 2.99. The molecule has 0 fully saturated rings. The van der Waals surface area contributed by atoms with Crippen molar-refractivity contribution in [3.05, 3.63) is 23.9 Å². The average molecular weight is 234 g/mol. The number of hydrogen-bond acceptors (Lipinski definition) is 3. The lowest BCUT2D eigenvalue weighted by atomic mass is 10.1. The molecule has 0 aliphatic rings. The monoisotopic (exact) mass is 234 g/mol. The topological polar surface area (TPSA) is 64.3 Å². The van der Waals surface area contributed by atoms with Crippen LogP contribution in [0.15, 0.2) is 18.2 Å². The van der Waals surface area contributed by atoms with E-state index in [9.17, 15) is 4.79 Å². The molecule has 0 bridgehead atoms. The number of methoxy groups -OCH3 is 1. The van der Waals surface area contributed by atoms with E-state index < -0.39 is 5.97 Å². The van der Waals surface area contributed by atoms with Gasteiger partial charge in [0.05, 0.1) is 24.7 Å². The van der Waals surface area contributed by atoms with Gasteiger partial charge in [-0.1, -0.05) is 0 Å². The number of aryl methyl sites for hydroxylation is 2. The van der Waals surface area contributed by atoms with Crippen LogP contribution in [-0.2, 0) is 18.3 Å². The predicted octanol–water partition coefficient (Wildman–Crippen LogP) is 1.60. The van der Waals surface area contributed by atoms with Crippen molar-refractivity contribution in [3.63, 3.8) is 0 Å². The van der Waals surface area contributed by atoms with Gasteiger partial charge in [-0.2, -0.15) is 5.10 Å². The Morgan fingerprint density at radius 1 is 1.53 bits per heavy atom. The van der Waals surface area contributed by atoms with Crippen molar-refractivity contribution in [2.24, 2.45) is 7.05 Å². The lowest BCUT2D eigenvalue weighted by Crippen LogP contribution is -1.99. The Morgan fingerprint density at radius 2 is 2.29 bits per heavy atom. The number of carbonyl (C=O) groups is 1. The first kappa shape index (κ1) is 11.4.